The number of rotatable bonds is 4. The van der Waals surface area contributed by atoms with Crippen LogP contribution in [-0.2, 0) is 0 Å². The summed E-state index contributed by atoms with van der Waals surface area (Å²) in [6.45, 7) is 5.01. The van der Waals surface area contributed by atoms with Crippen LogP contribution in [0.3, 0.4) is 0 Å². The first-order valence-corrected chi connectivity index (χ1v) is 8.03. The molecular formula is C16H26Cl2N4O. The van der Waals surface area contributed by atoms with Gasteiger partial charge < -0.3 is 15.5 Å². The Morgan fingerprint density at radius 1 is 1.26 bits per heavy atom. The molecule has 3 rings (SSSR count). The molecule has 1 unspecified atom stereocenters. The molecule has 1 atom stereocenters. The summed E-state index contributed by atoms with van der Waals surface area (Å²) in [5.74, 6) is 1.53. The number of halogens is 2. The van der Waals surface area contributed by atoms with Gasteiger partial charge in [0.05, 0.1) is 5.56 Å². The summed E-state index contributed by atoms with van der Waals surface area (Å²) in [5.41, 5.74) is 0.654. The minimum Gasteiger partial charge on any atom is -0.357 e. The zero-order chi connectivity index (χ0) is 14.5. The smallest absolute Gasteiger partial charge is 0.252 e. The maximum atomic E-state index is 12.1. The van der Waals surface area contributed by atoms with Gasteiger partial charge in [0, 0.05) is 25.8 Å². The molecule has 2 N–H and O–H groups in total. The van der Waals surface area contributed by atoms with Crippen LogP contribution in [0.25, 0.3) is 0 Å². The Balaban J connectivity index is 0.00000132. The number of anilines is 1. The van der Waals surface area contributed by atoms with Crippen LogP contribution in [0.2, 0.25) is 0 Å². The molecule has 2 fully saturated rings. The molecule has 0 saturated carbocycles. The van der Waals surface area contributed by atoms with Gasteiger partial charge in [0.25, 0.3) is 5.91 Å². The highest BCUT2D eigenvalue weighted by Crippen LogP contribution is 2.17. The SMILES string of the molecule is Cl.Cl.O=C(NCC1CCCNC1)c1ccc(N2CCCC2)nc1. The Morgan fingerprint density at radius 3 is 2.65 bits per heavy atom. The topological polar surface area (TPSA) is 57.3 Å². The molecule has 7 heteroatoms. The van der Waals surface area contributed by atoms with Crippen LogP contribution < -0.4 is 15.5 Å². The van der Waals surface area contributed by atoms with Crippen molar-refractivity contribution < 1.29 is 4.79 Å². The molecule has 23 heavy (non-hydrogen) atoms. The van der Waals surface area contributed by atoms with E-state index in [0.29, 0.717) is 11.5 Å². The summed E-state index contributed by atoms with van der Waals surface area (Å²) in [4.78, 5) is 18.8. The lowest BCUT2D eigenvalue weighted by Gasteiger charge is -2.22. The second kappa shape index (κ2) is 9.96. The molecular weight excluding hydrogens is 335 g/mol. The number of nitrogens with one attached hydrogen (secondary N) is 2. The Morgan fingerprint density at radius 2 is 2.04 bits per heavy atom. The van der Waals surface area contributed by atoms with Crippen LogP contribution in [0.4, 0.5) is 5.82 Å². The first kappa shape index (κ1) is 20.0. The van der Waals surface area contributed by atoms with Gasteiger partial charge in [-0.3, -0.25) is 4.79 Å². The Kier molecular flexibility index (Phi) is 8.66. The highest BCUT2D eigenvalue weighted by atomic mass is 35.5. The molecule has 130 valence electrons. The molecule has 0 radical (unpaired) electrons. The Hall–Kier alpha value is -1.04. The number of piperidine rings is 1. The van der Waals surface area contributed by atoms with E-state index in [1.807, 2.05) is 12.1 Å². The minimum atomic E-state index is -0.0129. The highest BCUT2D eigenvalue weighted by molar-refractivity contribution is 5.94. The lowest BCUT2D eigenvalue weighted by atomic mass is 10.00. The van der Waals surface area contributed by atoms with Gasteiger partial charge in [-0.15, -0.1) is 24.8 Å². The van der Waals surface area contributed by atoms with E-state index < -0.39 is 0 Å². The summed E-state index contributed by atoms with van der Waals surface area (Å²) < 4.78 is 0. The van der Waals surface area contributed by atoms with Gasteiger partial charge in [-0.25, -0.2) is 4.98 Å². The van der Waals surface area contributed by atoms with Crippen LogP contribution in [0.5, 0.6) is 0 Å². The van der Waals surface area contributed by atoms with Crippen LogP contribution in [0, 0.1) is 5.92 Å². The number of aromatic nitrogens is 1. The number of hydrogen-bond acceptors (Lipinski definition) is 4. The molecule has 5 nitrogen and oxygen atoms in total. The van der Waals surface area contributed by atoms with Crippen LogP contribution in [-0.4, -0.2) is 43.6 Å². The summed E-state index contributed by atoms with van der Waals surface area (Å²) in [6.07, 6.45) is 6.56. The molecule has 0 bridgehead atoms. The normalized spacial score (nSPS) is 20.3. The van der Waals surface area contributed by atoms with Gasteiger partial charge >= 0.3 is 0 Å². The lowest BCUT2D eigenvalue weighted by Crippen LogP contribution is -2.38. The van der Waals surface area contributed by atoms with Crippen LogP contribution >= 0.6 is 24.8 Å². The van der Waals surface area contributed by atoms with Crippen molar-refractivity contribution >= 4 is 36.5 Å². The molecule has 1 aromatic heterocycles. The van der Waals surface area contributed by atoms with Gasteiger partial charge in [-0.05, 0) is 56.8 Å². The predicted molar refractivity (Wildman–Crippen MR) is 98.1 cm³/mol. The number of carbonyl (C=O) groups is 1. The number of nitrogens with zero attached hydrogens (tertiary/aromatic N) is 2. The van der Waals surface area contributed by atoms with Crippen molar-refractivity contribution in [2.45, 2.75) is 25.7 Å². The van der Waals surface area contributed by atoms with E-state index in [9.17, 15) is 4.79 Å². The Labute approximate surface area is 150 Å². The third kappa shape index (κ3) is 5.52. The summed E-state index contributed by atoms with van der Waals surface area (Å²) >= 11 is 0. The molecule has 3 heterocycles. The number of amides is 1. The fraction of sp³-hybridized carbons (Fsp3) is 0.625. The lowest BCUT2D eigenvalue weighted by molar-refractivity contribution is 0.0944. The zero-order valence-corrected chi connectivity index (χ0v) is 14.9. The van der Waals surface area contributed by atoms with Crippen molar-refractivity contribution in [2.75, 3.05) is 37.6 Å². The molecule has 1 aromatic rings. The van der Waals surface area contributed by atoms with Crippen molar-refractivity contribution in [1.29, 1.82) is 0 Å². The molecule has 2 aliphatic rings. The van der Waals surface area contributed by atoms with E-state index in [1.54, 1.807) is 6.20 Å². The van der Waals surface area contributed by atoms with Gasteiger partial charge in [-0.1, -0.05) is 0 Å². The van der Waals surface area contributed by atoms with E-state index >= 15 is 0 Å². The fourth-order valence-corrected chi connectivity index (χ4v) is 3.09. The predicted octanol–water partition coefficient (Wildman–Crippen LogP) is 2.25. The van der Waals surface area contributed by atoms with E-state index in [2.05, 4.69) is 20.5 Å². The maximum Gasteiger partial charge on any atom is 0.252 e. The first-order valence-electron chi connectivity index (χ1n) is 8.03. The molecule has 1 amide bonds. The largest absolute Gasteiger partial charge is 0.357 e. The monoisotopic (exact) mass is 360 g/mol. The third-order valence-electron chi connectivity index (χ3n) is 4.39. The molecule has 0 spiro atoms. The van der Waals surface area contributed by atoms with Gasteiger partial charge in [0.1, 0.15) is 5.82 Å². The van der Waals surface area contributed by atoms with Crippen molar-refractivity contribution in [3.8, 4) is 0 Å². The van der Waals surface area contributed by atoms with Gasteiger partial charge in [0.15, 0.2) is 0 Å². The number of carbonyl (C=O) groups excluding carboxylic acids is 1. The van der Waals surface area contributed by atoms with E-state index in [0.717, 1.165) is 38.5 Å². The van der Waals surface area contributed by atoms with Crippen LogP contribution in [0.1, 0.15) is 36.0 Å². The number of pyridine rings is 1. The highest BCUT2D eigenvalue weighted by Gasteiger charge is 2.16. The van der Waals surface area contributed by atoms with Crippen molar-refractivity contribution in [3.63, 3.8) is 0 Å². The quantitative estimate of drug-likeness (QED) is 0.864. The van der Waals surface area contributed by atoms with Crippen molar-refractivity contribution in [1.82, 2.24) is 15.6 Å². The first-order chi connectivity index (χ1) is 10.3. The van der Waals surface area contributed by atoms with Crippen molar-refractivity contribution in [3.05, 3.63) is 23.9 Å². The summed E-state index contributed by atoms with van der Waals surface area (Å²) in [5, 5.41) is 6.39. The van der Waals surface area contributed by atoms with Crippen molar-refractivity contribution in [2.24, 2.45) is 5.92 Å². The minimum absolute atomic E-state index is 0. The standard InChI is InChI=1S/C16H24N4O.2ClH/c21-16(19-11-13-4-3-7-17-10-13)14-5-6-15(18-12-14)20-8-1-2-9-20;;/h5-6,12-13,17H,1-4,7-11H2,(H,19,21);2*1H. The fourth-order valence-electron chi connectivity index (χ4n) is 3.09. The average molecular weight is 361 g/mol. The van der Waals surface area contributed by atoms with Gasteiger partial charge in [0.2, 0.25) is 0 Å². The van der Waals surface area contributed by atoms with Gasteiger partial charge in [-0.2, -0.15) is 0 Å². The molecule has 0 aromatic carbocycles. The summed E-state index contributed by atoms with van der Waals surface area (Å²) in [6, 6.07) is 3.84. The van der Waals surface area contributed by atoms with E-state index in [4.69, 9.17) is 0 Å². The van der Waals surface area contributed by atoms with E-state index in [-0.39, 0.29) is 30.7 Å². The third-order valence-corrected chi connectivity index (χ3v) is 4.39. The molecule has 2 aliphatic heterocycles. The zero-order valence-electron chi connectivity index (χ0n) is 13.3. The van der Waals surface area contributed by atoms with E-state index in [1.165, 1.54) is 25.7 Å². The molecule has 2 saturated heterocycles. The Bertz CT molecular complexity index is 471. The maximum absolute atomic E-state index is 12.1. The number of hydrogen-bond donors (Lipinski definition) is 2. The second-order valence-corrected chi connectivity index (χ2v) is 6.02. The average Bonchev–Trinajstić information content (AvgIpc) is 3.08. The second-order valence-electron chi connectivity index (χ2n) is 6.02. The van der Waals surface area contributed by atoms with Crippen LogP contribution in [0.15, 0.2) is 18.3 Å². The molecule has 0 aliphatic carbocycles. The summed E-state index contributed by atoms with van der Waals surface area (Å²) in [7, 11) is 0.